The third kappa shape index (κ3) is 2.99. The van der Waals surface area contributed by atoms with Crippen LogP contribution in [0.15, 0.2) is 0 Å². The van der Waals surface area contributed by atoms with Crippen LogP contribution >= 0.6 is 0 Å². The quantitative estimate of drug-likeness (QED) is 0.781. The summed E-state index contributed by atoms with van der Waals surface area (Å²) in [6, 6.07) is 0.500. The first-order valence-electron chi connectivity index (χ1n) is 6.77. The van der Waals surface area contributed by atoms with Crippen molar-refractivity contribution >= 4 is 5.91 Å². The van der Waals surface area contributed by atoms with E-state index in [2.05, 4.69) is 24.2 Å². The maximum Gasteiger partial charge on any atom is 0.239 e. The highest BCUT2D eigenvalue weighted by Crippen LogP contribution is 2.20. The van der Waals surface area contributed by atoms with Gasteiger partial charge in [0.2, 0.25) is 5.91 Å². The van der Waals surface area contributed by atoms with Crippen molar-refractivity contribution in [1.82, 2.24) is 15.1 Å². The lowest BCUT2D eigenvalue weighted by atomic mass is 9.91. The summed E-state index contributed by atoms with van der Waals surface area (Å²) < 4.78 is 0. The zero-order valence-corrected chi connectivity index (χ0v) is 11.3. The number of carbonyl (C=O) groups excluding carboxylic acids is 1. The Morgan fingerprint density at radius 3 is 2.65 bits per heavy atom. The molecule has 0 aliphatic carbocycles. The van der Waals surface area contributed by atoms with Crippen molar-refractivity contribution in [1.29, 1.82) is 0 Å². The molecular formula is C13H25N3O. The van der Waals surface area contributed by atoms with Crippen molar-refractivity contribution < 1.29 is 4.79 Å². The smallest absolute Gasteiger partial charge is 0.239 e. The summed E-state index contributed by atoms with van der Waals surface area (Å²) in [6.45, 7) is 5.50. The number of carbonyl (C=O) groups is 1. The van der Waals surface area contributed by atoms with Crippen LogP contribution < -0.4 is 5.32 Å². The van der Waals surface area contributed by atoms with Crippen molar-refractivity contribution in [3.05, 3.63) is 0 Å². The van der Waals surface area contributed by atoms with Crippen LogP contribution in [0.2, 0.25) is 0 Å². The first kappa shape index (κ1) is 12.8. The summed E-state index contributed by atoms with van der Waals surface area (Å²) in [7, 11) is 4.08. The van der Waals surface area contributed by atoms with E-state index in [0.29, 0.717) is 12.0 Å². The van der Waals surface area contributed by atoms with Crippen LogP contribution in [0, 0.1) is 5.92 Å². The highest BCUT2D eigenvalue weighted by Gasteiger charge is 2.32. The molecule has 2 fully saturated rings. The fourth-order valence-electron chi connectivity index (χ4n) is 3.04. The van der Waals surface area contributed by atoms with Crippen LogP contribution in [-0.2, 0) is 4.79 Å². The molecule has 0 bridgehead atoms. The molecule has 3 unspecified atom stereocenters. The molecule has 2 rings (SSSR count). The maximum atomic E-state index is 11.8. The number of rotatable bonds is 3. The number of nitrogens with one attached hydrogen (secondary N) is 1. The predicted molar refractivity (Wildman–Crippen MR) is 68.9 cm³/mol. The number of hydrogen-bond donors (Lipinski definition) is 1. The van der Waals surface area contributed by atoms with E-state index in [1.165, 1.54) is 19.4 Å². The SMILES string of the molecule is CC(NC1CCN(C)C1=O)C1CCCN(C)C1. The summed E-state index contributed by atoms with van der Waals surface area (Å²) in [5.41, 5.74) is 0. The van der Waals surface area contributed by atoms with Gasteiger partial charge >= 0.3 is 0 Å². The third-order valence-electron chi connectivity index (χ3n) is 4.26. The second-order valence-electron chi connectivity index (χ2n) is 5.72. The molecule has 2 aliphatic rings. The predicted octanol–water partition coefficient (Wildman–Crippen LogP) is 0.537. The lowest BCUT2D eigenvalue weighted by Crippen LogP contribution is -2.48. The molecule has 4 heteroatoms. The average Bonchev–Trinajstić information content (AvgIpc) is 2.61. The maximum absolute atomic E-state index is 11.8. The minimum absolute atomic E-state index is 0.0576. The van der Waals surface area contributed by atoms with Gasteiger partial charge in [-0.2, -0.15) is 0 Å². The summed E-state index contributed by atoms with van der Waals surface area (Å²) in [4.78, 5) is 16.1. The molecule has 0 aromatic rings. The Hall–Kier alpha value is -0.610. The minimum atomic E-state index is 0.0576. The molecule has 17 heavy (non-hydrogen) atoms. The Labute approximate surface area is 104 Å². The van der Waals surface area contributed by atoms with Gasteiger partial charge in [0.1, 0.15) is 0 Å². The fraction of sp³-hybridized carbons (Fsp3) is 0.923. The lowest BCUT2D eigenvalue weighted by Gasteiger charge is -2.34. The van der Waals surface area contributed by atoms with E-state index >= 15 is 0 Å². The Morgan fingerprint density at radius 2 is 2.06 bits per heavy atom. The largest absolute Gasteiger partial charge is 0.344 e. The molecule has 1 amide bonds. The molecule has 0 aromatic heterocycles. The van der Waals surface area contributed by atoms with E-state index in [1.54, 1.807) is 0 Å². The number of hydrogen-bond acceptors (Lipinski definition) is 3. The standard InChI is InChI=1S/C13H25N3O/c1-10(11-5-4-7-15(2)9-11)14-12-6-8-16(3)13(12)17/h10-12,14H,4-9H2,1-3H3. The van der Waals surface area contributed by atoms with Crippen molar-refractivity contribution in [3.63, 3.8) is 0 Å². The molecule has 98 valence electrons. The second-order valence-corrected chi connectivity index (χ2v) is 5.72. The first-order valence-corrected chi connectivity index (χ1v) is 6.77. The van der Waals surface area contributed by atoms with Gasteiger partial charge in [0.05, 0.1) is 6.04 Å². The Kier molecular flexibility index (Phi) is 4.05. The normalized spacial score (nSPS) is 33.1. The van der Waals surface area contributed by atoms with E-state index in [4.69, 9.17) is 0 Å². The first-order chi connectivity index (χ1) is 8.08. The van der Waals surface area contributed by atoms with Gasteiger partial charge in [0.25, 0.3) is 0 Å². The Bertz CT molecular complexity index is 282. The van der Waals surface area contributed by atoms with Gasteiger partial charge in [0, 0.05) is 26.2 Å². The van der Waals surface area contributed by atoms with Gasteiger partial charge in [-0.15, -0.1) is 0 Å². The summed E-state index contributed by atoms with van der Waals surface area (Å²) in [5, 5.41) is 3.53. The number of nitrogens with zero attached hydrogens (tertiary/aromatic N) is 2. The van der Waals surface area contributed by atoms with E-state index in [0.717, 1.165) is 19.5 Å². The van der Waals surface area contributed by atoms with Gasteiger partial charge < -0.3 is 15.1 Å². The number of amides is 1. The summed E-state index contributed by atoms with van der Waals surface area (Å²) in [6.07, 6.45) is 3.53. The van der Waals surface area contributed by atoms with Crippen LogP contribution in [-0.4, -0.2) is 61.5 Å². The van der Waals surface area contributed by atoms with Gasteiger partial charge in [-0.05, 0) is 45.7 Å². The molecular weight excluding hydrogens is 214 g/mol. The molecule has 4 nitrogen and oxygen atoms in total. The van der Waals surface area contributed by atoms with E-state index in [9.17, 15) is 4.79 Å². The van der Waals surface area contributed by atoms with E-state index in [1.807, 2.05) is 11.9 Å². The van der Waals surface area contributed by atoms with Gasteiger partial charge in [-0.25, -0.2) is 0 Å². The number of piperidine rings is 1. The minimum Gasteiger partial charge on any atom is -0.344 e. The van der Waals surface area contributed by atoms with Crippen LogP contribution in [0.1, 0.15) is 26.2 Å². The molecule has 2 heterocycles. The van der Waals surface area contributed by atoms with Crippen molar-refractivity contribution in [3.8, 4) is 0 Å². The highest BCUT2D eigenvalue weighted by molar-refractivity contribution is 5.83. The molecule has 0 aromatic carbocycles. The van der Waals surface area contributed by atoms with E-state index < -0.39 is 0 Å². The zero-order valence-electron chi connectivity index (χ0n) is 11.3. The van der Waals surface area contributed by atoms with Crippen LogP contribution in [0.25, 0.3) is 0 Å². The van der Waals surface area contributed by atoms with Crippen molar-refractivity contribution in [2.75, 3.05) is 33.7 Å². The van der Waals surface area contributed by atoms with Gasteiger partial charge in [-0.1, -0.05) is 0 Å². The molecule has 0 radical (unpaired) electrons. The Balaban J connectivity index is 1.84. The van der Waals surface area contributed by atoms with Crippen LogP contribution in [0.4, 0.5) is 0 Å². The Morgan fingerprint density at radius 1 is 1.29 bits per heavy atom. The van der Waals surface area contributed by atoms with Crippen molar-refractivity contribution in [2.45, 2.75) is 38.3 Å². The second kappa shape index (κ2) is 5.36. The average molecular weight is 239 g/mol. The highest BCUT2D eigenvalue weighted by atomic mass is 16.2. The zero-order chi connectivity index (χ0) is 12.4. The van der Waals surface area contributed by atoms with Crippen LogP contribution in [0.3, 0.4) is 0 Å². The van der Waals surface area contributed by atoms with Crippen molar-refractivity contribution in [2.24, 2.45) is 5.92 Å². The fourth-order valence-corrected chi connectivity index (χ4v) is 3.04. The molecule has 1 N–H and O–H groups in total. The van der Waals surface area contributed by atoms with Gasteiger partial charge in [0.15, 0.2) is 0 Å². The summed E-state index contributed by atoms with van der Waals surface area (Å²) >= 11 is 0. The molecule has 3 atom stereocenters. The topological polar surface area (TPSA) is 35.6 Å². The number of likely N-dealkylation sites (N-methyl/N-ethyl adjacent to an activating group) is 1. The summed E-state index contributed by atoms with van der Waals surface area (Å²) in [5.74, 6) is 0.952. The molecule has 2 aliphatic heterocycles. The third-order valence-corrected chi connectivity index (χ3v) is 4.26. The van der Waals surface area contributed by atoms with Crippen LogP contribution in [0.5, 0.6) is 0 Å². The molecule has 0 spiro atoms. The monoisotopic (exact) mass is 239 g/mol. The number of likely N-dealkylation sites (tertiary alicyclic amines) is 2. The lowest BCUT2D eigenvalue weighted by molar-refractivity contribution is -0.128. The molecule has 0 saturated carbocycles. The molecule has 2 saturated heterocycles. The van der Waals surface area contributed by atoms with Gasteiger partial charge in [-0.3, -0.25) is 4.79 Å². The van der Waals surface area contributed by atoms with E-state index in [-0.39, 0.29) is 11.9 Å².